The molecule has 1 aromatic heterocycles. The van der Waals surface area contributed by atoms with Crippen LogP contribution in [0.1, 0.15) is 10.4 Å². The van der Waals surface area contributed by atoms with Crippen molar-refractivity contribution in [3.05, 3.63) is 60.4 Å². The van der Waals surface area contributed by atoms with Gasteiger partial charge in [0, 0.05) is 43.0 Å². The fourth-order valence-electron chi connectivity index (χ4n) is 2.44. The first-order valence-electron chi connectivity index (χ1n) is 7.63. The van der Waals surface area contributed by atoms with Gasteiger partial charge in [0.1, 0.15) is 5.75 Å². The van der Waals surface area contributed by atoms with Crippen molar-refractivity contribution in [2.45, 2.75) is 0 Å². The number of carbonyl (C=O) groups is 2. The van der Waals surface area contributed by atoms with Crippen molar-refractivity contribution in [3.63, 3.8) is 0 Å². The van der Waals surface area contributed by atoms with Crippen molar-refractivity contribution < 1.29 is 14.3 Å². The molecule has 1 heterocycles. The number of nitrogens with zero attached hydrogens (tertiary/aromatic N) is 2. The second-order valence-electron chi connectivity index (χ2n) is 5.77. The number of hydrogen-bond donors (Lipinski definition) is 1. The van der Waals surface area contributed by atoms with Crippen LogP contribution in [0.3, 0.4) is 0 Å². The molecule has 0 spiro atoms. The van der Waals surface area contributed by atoms with Crippen molar-refractivity contribution in [3.8, 4) is 16.9 Å². The molecule has 25 heavy (non-hydrogen) atoms. The summed E-state index contributed by atoms with van der Waals surface area (Å²) >= 11 is 0. The molecule has 0 saturated heterocycles. The number of primary amides is 1. The van der Waals surface area contributed by atoms with E-state index in [0.29, 0.717) is 11.3 Å². The summed E-state index contributed by atoms with van der Waals surface area (Å²) in [4.78, 5) is 28.6. The third-order valence-electron chi connectivity index (χ3n) is 3.78. The molecule has 3 rings (SSSR count). The van der Waals surface area contributed by atoms with Crippen molar-refractivity contribution in [1.82, 2.24) is 9.88 Å². The van der Waals surface area contributed by atoms with Gasteiger partial charge in [-0.05, 0) is 35.2 Å². The standard InChI is InChI=1S/C19H17N3O3/c1-22(2)19(24)25-15-7-5-12(6-8-15)17-11-21-10-14-4-3-13(18(20)23)9-16(14)17/h3-11H,1-2H3,(H2,20,23). The van der Waals surface area contributed by atoms with Crippen molar-refractivity contribution in [2.75, 3.05) is 14.1 Å². The smallest absolute Gasteiger partial charge is 0.410 e. The number of hydrogen-bond acceptors (Lipinski definition) is 4. The predicted octanol–water partition coefficient (Wildman–Crippen LogP) is 3.06. The number of amides is 2. The third kappa shape index (κ3) is 3.42. The summed E-state index contributed by atoms with van der Waals surface area (Å²) in [6, 6.07) is 12.4. The fraction of sp³-hybridized carbons (Fsp3) is 0.105. The Bertz CT molecular complexity index is 950. The molecule has 0 fully saturated rings. The minimum absolute atomic E-state index is 0.439. The van der Waals surface area contributed by atoms with E-state index >= 15 is 0 Å². The molecule has 6 heteroatoms. The quantitative estimate of drug-likeness (QED) is 0.797. The predicted molar refractivity (Wildman–Crippen MR) is 95.4 cm³/mol. The first-order valence-corrected chi connectivity index (χ1v) is 7.63. The highest BCUT2D eigenvalue weighted by Gasteiger charge is 2.10. The van der Waals surface area contributed by atoms with E-state index in [-0.39, 0.29) is 0 Å². The summed E-state index contributed by atoms with van der Waals surface area (Å²) in [5.41, 5.74) is 7.58. The number of fused-ring (bicyclic) bond motifs is 1. The molecule has 2 aromatic carbocycles. The zero-order valence-electron chi connectivity index (χ0n) is 13.9. The Morgan fingerprint density at radius 1 is 1.04 bits per heavy atom. The SMILES string of the molecule is CN(C)C(=O)Oc1ccc(-c2cncc3ccc(C(N)=O)cc23)cc1. The van der Waals surface area contributed by atoms with Crippen LogP contribution < -0.4 is 10.5 Å². The van der Waals surface area contributed by atoms with E-state index in [1.165, 1.54) is 4.90 Å². The zero-order valence-corrected chi connectivity index (χ0v) is 13.9. The van der Waals surface area contributed by atoms with Gasteiger partial charge < -0.3 is 15.4 Å². The van der Waals surface area contributed by atoms with Crippen LogP contribution in [-0.4, -0.2) is 36.0 Å². The number of nitrogens with two attached hydrogens (primary N) is 1. The summed E-state index contributed by atoms with van der Waals surface area (Å²) in [5.74, 6) is -0.0240. The molecule has 0 atom stereocenters. The minimum atomic E-state index is -0.476. The molecule has 0 aliphatic heterocycles. The number of pyridine rings is 1. The van der Waals surface area contributed by atoms with E-state index in [4.69, 9.17) is 10.5 Å². The number of aromatic nitrogens is 1. The molecule has 126 valence electrons. The summed E-state index contributed by atoms with van der Waals surface area (Å²) in [6.07, 6.45) is 3.02. The first-order chi connectivity index (χ1) is 12.0. The highest BCUT2D eigenvalue weighted by Crippen LogP contribution is 2.29. The van der Waals surface area contributed by atoms with Crippen LogP contribution >= 0.6 is 0 Å². The highest BCUT2D eigenvalue weighted by molar-refractivity contribution is 6.02. The minimum Gasteiger partial charge on any atom is -0.410 e. The van der Waals surface area contributed by atoms with E-state index in [0.717, 1.165) is 21.9 Å². The molecule has 0 unspecified atom stereocenters. The number of ether oxygens (including phenoxy) is 1. The van der Waals surface area contributed by atoms with Gasteiger partial charge in [-0.2, -0.15) is 0 Å². The van der Waals surface area contributed by atoms with Gasteiger partial charge in [0.05, 0.1) is 0 Å². The maximum Gasteiger partial charge on any atom is 0.414 e. The molecular weight excluding hydrogens is 318 g/mol. The van der Waals surface area contributed by atoms with Crippen LogP contribution in [-0.2, 0) is 0 Å². The molecule has 2 amide bonds. The average molecular weight is 335 g/mol. The average Bonchev–Trinajstić information content (AvgIpc) is 2.61. The lowest BCUT2D eigenvalue weighted by Crippen LogP contribution is -2.25. The molecule has 3 aromatic rings. The van der Waals surface area contributed by atoms with E-state index in [1.54, 1.807) is 50.8 Å². The second-order valence-corrected chi connectivity index (χ2v) is 5.77. The summed E-state index contributed by atoms with van der Waals surface area (Å²) in [5, 5.41) is 1.79. The maximum absolute atomic E-state index is 11.6. The van der Waals surface area contributed by atoms with Crippen LogP contribution in [0.15, 0.2) is 54.9 Å². The number of benzene rings is 2. The highest BCUT2D eigenvalue weighted by atomic mass is 16.6. The lowest BCUT2D eigenvalue weighted by Gasteiger charge is -2.11. The number of carbonyl (C=O) groups excluding carboxylic acids is 2. The fourth-order valence-corrected chi connectivity index (χ4v) is 2.44. The lowest BCUT2D eigenvalue weighted by atomic mass is 9.99. The molecule has 0 saturated carbocycles. The van der Waals surface area contributed by atoms with Crippen LogP contribution in [0, 0.1) is 0 Å². The van der Waals surface area contributed by atoms with E-state index in [9.17, 15) is 9.59 Å². The first kappa shape index (κ1) is 16.4. The summed E-state index contributed by atoms with van der Waals surface area (Å²) in [6.45, 7) is 0. The molecule has 0 aliphatic rings. The van der Waals surface area contributed by atoms with Gasteiger partial charge >= 0.3 is 6.09 Å². The van der Waals surface area contributed by atoms with Crippen molar-refractivity contribution in [1.29, 1.82) is 0 Å². The monoisotopic (exact) mass is 335 g/mol. The molecule has 0 radical (unpaired) electrons. The molecule has 0 bridgehead atoms. The van der Waals surface area contributed by atoms with Gasteiger partial charge in [0.15, 0.2) is 0 Å². The van der Waals surface area contributed by atoms with Crippen molar-refractivity contribution >= 4 is 22.8 Å². The summed E-state index contributed by atoms with van der Waals surface area (Å²) in [7, 11) is 3.24. The Kier molecular flexibility index (Phi) is 4.35. The van der Waals surface area contributed by atoms with E-state index in [2.05, 4.69) is 4.98 Å². The second kappa shape index (κ2) is 6.60. The van der Waals surface area contributed by atoms with Gasteiger partial charge in [-0.15, -0.1) is 0 Å². The molecular formula is C19H17N3O3. The van der Waals surface area contributed by atoms with Gasteiger partial charge in [-0.3, -0.25) is 9.78 Å². The van der Waals surface area contributed by atoms with Crippen LogP contribution in [0.2, 0.25) is 0 Å². The number of rotatable bonds is 3. The van der Waals surface area contributed by atoms with Crippen LogP contribution in [0.4, 0.5) is 4.79 Å². The maximum atomic E-state index is 11.6. The third-order valence-corrected chi connectivity index (χ3v) is 3.78. The Hall–Kier alpha value is -3.41. The zero-order chi connectivity index (χ0) is 18.0. The van der Waals surface area contributed by atoms with Gasteiger partial charge in [-0.1, -0.05) is 18.2 Å². The van der Waals surface area contributed by atoms with Crippen molar-refractivity contribution in [2.24, 2.45) is 5.73 Å². The molecule has 2 N–H and O–H groups in total. The Morgan fingerprint density at radius 3 is 2.40 bits per heavy atom. The molecule has 6 nitrogen and oxygen atoms in total. The van der Waals surface area contributed by atoms with E-state index in [1.807, 2.05) is 18.2 Å². The molecule has 0 aliphatic carbocycles. The lowest BCUT2D eigenvalue weighted by molar-refractivity contribution is 0.100. The topological polar surface area (TPSA) is 85.5 Å². The summed E-state index contributed by atoms with van der Waals surface area (Å²) < 4.78 is 5.21. The van der Waals surface area contributed by atoms with Crippen LogP contribution in [0.5, 0.6) is 5.75 Å². The normalized spacial score (nSPS) is 10.5. The van der Waals surface area contributed by atoms with E-state index < -0.39 is 12.0 Å². The Labute approximate surface area is 144 Å². The van der Waals surface area contributed by atoms with Gasteiger partial charge in [0.25, 0.3) is 0 Å². The van der Waals surface area contributed by atoms with Gasteiger partial charge in [-0.25, -0.2) is 4.79 Å². The largest absolute Gasteiger partial charge is 0.414 e. The van der Waals surface area contributed by atoms with Crippen LogP contribution in [0.25, 0.3) is 21.9 Å². The van der Waals surface area contributed by atoms with Gasteiger partial charge in [0.2, 0.25) is 5.91 Å². The Morgan fingerprint density at radius 2 is 1.76 bits per heavy atom. The Balaban J connectivity index is 2.00.